The molecule has 1 fully saturated rings. The summed E-state index contributed by atoms with van der Waals surface area (Å²) in [6, 6.07) is 2.12. The third-order valence-corrected chi connectivity index (χ3v) is 4.82. The van der Waals surface area contributed by atoms with Crippen molar-refractivity contribution in [3.8, 4) is 0 Å². The van der Waals surface area contributed by atoms with E-state index in [-0.39, 0.29) is 0 Å². The first-order chi connectivity index (χ1) is 7.55. The zero-order valence-corrected chi connectivity index (χ0v) is 10.9. The van der Waals surface area contributed by atoms with E-state index in [0.29, 0.717) is 13.1 Å². The predicted molar refractivity (Wildman–Crippen MR) is 66.0 cm³/mol. The molecule has 0 spiro atoms. The van der Waals surface area contributed by atoms with Gasteiger partial charge in [0.05, 0.1) is 6.26 Å². The summed E-state index contributed by atoms with van der Waals surface area (Å²) in [4.78, 5) is 2.30. The SMILES string of the molecule is CS(=O)(=O)N1CCN(Cc2ccsc2)CC1. The fourth-order valence-electron chi connectivity index (χ4n) is 1.86. The van der Waals surface area contributed by atoms with Crippen LogP contribution in [-0.2, 0) is 16.6 Å². The van der Waals surface area contributed by atoms with Crippen molar-refractivity contribution >= 4 is 21.4 Å². The Bertz CT molecular complexity index is 420. The second-order valence-electron chi connectivity index (χ2n) is 4.07. The highest BCUT2D eigenvalue weighted by Crippen LogP contribution is 2.12. The van der Waals surface area contributed by atoms with Crippen LogP contribution in [0.4, 0.5) is 0 Å². The number of rotatable bonds is 3. The molecule has 1 aliphatic rings. The molecule has 2 rings (SSSR count). The van der Waals surface area contributed by atoms with Crippen LogP contribution in [0.2, 0.25) is 0 Å². The van der Waals surface area contributed by atoms with Crippen LogP contribution in [0.3, 0.4) is 0 Å². The summed E-state index contributed by atoms with van der Waals surface area (Å²) < 4.78 is 24.2. The molecule has 0 aliphatic carbocycles. The Morgan fingerprint density at radius 3 is 2.50 bits per heavy atom. The minimum absolute atomic E-state index is 0.614. The highest BCUT2D eigenvalue weighted by atomic mass is 32.2. The van der Waals surface area contributed by atoms with Crippen molar-refractivity contribution in [3.05, 3.63) is 22.4 Å². The fourth-order valence-corrected chi connectivity index (χ4v) is 3.35. The summed E-state index contributed by atoms with van der Waals surface area (Å²) in [7, 11) is -3.00. The molecule has 1 aromatic rings. The summed E-state index contributed by atoms with van der Waals surface area (Å²) in [6.45, 7) is 3.80. The van der Waals surface area contributed by atoms with Gasteiger partial charge in [-0.3, -0.25) is 4.90 Å². The van der Waals surface area contributed by atoms with E-state index in [1.54, 1.807) is 15.6 Å². The monoisotopic (exact) mass is 260 g/mol. The quantitative estimate of drug-likeness (QED) is 0.808. The Kier molecular flexibility index (Phi) is 3.63. The fraction of sp³-hybridized carbons (Fsp3) is 0.600. The molecule has 90 valence electrons. The standard InChI is InChI=1S/C10H16N2O2S2/c1-16(13,14)12-5-3-11(4-6-12)8-10-2-7-15-9-10/h2,7,9H,3-6,8H2,1H3. The first-order valence-corrected chi connectivity index (χ1v) is 8.03. The van der Waals surface area contributed by atoms with E-state index in [9.17, 15) is 8.42 Å². The highest BCUT2D eigenvalue weighted by Gasteiger charge is 2.23. The minimum atomic E-state index is -3.00. The lowest BCUT2D eigenvalue weighted by Gasteiger charge is -2.32. The normalized spacial score (nSPS) is 20.1. The molecule has 1 aromatic heterocycles. The zero-order valence-electron chi connectivity index (χ0n) is 9.30. The van der Waals surface area contributed by atoms with Crippen LogP contribution in [-0.4, -0.2) is 50.1 Å². The first-order valence-electron chi connectivity index (χ1n) is 5.24. The smallest absolute Gasteiger partial charge is 0.211 e. The van der Waals surface area contributed by atoms with Crippen LogP contribution in [0.1, 0.15) is 5.56 Å². The summed E-state index contributed by atoms with van der Waals surface area (Å²) in [5, 5.41) is 4.21. The Balaban J connectivity index is 1.86. The second-order valence-corrected chi connectivity index (χ2v) is 6.83. The average molecular weight is 260 g/mol. The maximum absolute atomic E-state index is 11.3. The lowest BCUT2D eigenvalue weighted by atomic mass is 10.3. The van der Waals surface area contributed by atoms with Crippen molar-refractivity contribution < 1.29 is 8.42 Å². The summed E-state index contributed by atoms with van der Waals surface area (Å²) in [5.41, 5.74) is 1.32. The van der Waals surface area contributed by atoms with Crippen molar-refractivity contribution in [3.63, 3.8) is 0 Å². The summed E-state index contributed by atoms with van der Waals surface area (Å²) in [6.07, 6.45) is 1.28. The van der Waals surface area contributed by atoms with Gasteiger partial charge in [-0.25, -0.2) is 8.42 Å². The minimum Gasteiger partial charge on any atom is -0.296 e. The number of piperazine rings is 1. The van der Waals surface area contributed by atoms with Crippen molar-refractivity contribution in [1.82, 2.24) is 9.21 Å². The van der Waals surface area contributed by atoms with E-state index < -0.39 is 10.0 Å². The van der Waals surface area contributed by atoms with Crippen molar-refractivity contribution in [1.29, 1.82) is 0 Å². The number of hydrogen-bond donors (Lipinski definition) is 0. The Morgan fingerprint density at radius 2 is 2.00 bits per heavy atom. The summed E-state index contributed by atoms with van der Waals surface area (Å²) >= 11 is 1.70. The van der Waals surface area contributed by atoms with E-state index in [2.05, 4.69) is 21.7 Å². The Hall–Kier alpha value is -0.430. The van der Waals surface area contributed by atoms with Crippen molar-refractivity contribution in [2.75, 3.05) is 32.4 Å². The number of nitrogens with zero attached hydrogens (tertiary/aromatic N) is 2. The van der Waals surface area contributed by atoms with Gasteiger partial charge >= 0.3 is 0 Å². The molecule has 0 amide bonds. The molecule has 6 heteroatoms. The average Bonchev–Trinajstić information content (AvgIpc) is 2.70. The van der Waals surface area contributed by atoms with Crippen LogP contribution in [0.15, 0.2) is 16.8 Å². The molecule has 0 unspecified atom stereocenters. The molecule has 0 N–H and O–H groups in total. The third-order valence-electron chi connectivity index (χ3n) is 2.79. The van der Waals surface area contributed by atoms with Gasteiger partial charge in [-0.1, -0.05) is 0 Å². The van der Waals surface area contributed by atoms with Gasteiger partial charge in [-0.2, -0.15) is 15.6 Å². The van der Waals surface area contributed by atoms with Gasteiger partial charge in [0.25, 0.3) is 0 Å². The van der Waals surface area contributed by atoms with Gasteiger partial charge in [0.15, 0.2) is 0 Å². The first kappa shape index (κ1) is 12.0. The number of thiophene rings is 1. The van der Waals surface area contributed by atoms with Gasteiger partial charge in [0.1, 0.15) is 0 Å². The van der Waals surface area contributed by atoms with Crippen LogP contribution < -0.4 is 0 Å². The van der Waals surface area contributed by atoms with E-state index >= 15 is 0 Å². The molecule has 0 saturated carbocycles. The Morgan fingerprint density at radius 1 is 1.31 bits per heavy atom. The maximum atomic E-state index is 11.3. The molecule has 1 aliphatic heterocycles. The molecule has 1 saturated heterocycles. The van der Waals surface area contributed by atoms with E-state index in [1.165, 1.54) is 11.8 Å². The van der Waals surface area contributed by atoms with Gasteiger partial charge in [-0.05, 0) is 22.4 Å². The molecule has 2 heterocycles. The molecule has 16 heavy (non-hydrogen) atoms. The largest absolute Gasteiger partial charge is 0.296 e. The Labute approximate surface area is 101 Å². The molecule has 0 bridgehead atoms. The van der Waals surface area contributed by atoms with Crippen LogP contribution in [0, 0.1) is 0 Å². The number of hydrogen-bond acceptors (Lipinski definition) is 4. The third kappa shape index (κ3) is 3.04. The van der Waals surface area contributed by atoms with E-state index in [4.69, 9.17) is 0 Å². The topological polar surface area (TPSA) is 40.6 Å². The molecular weight excluding hydrogens is 244 g/mol. The van der Waals surface area contributed by atoms with Crippen LogP contribution in [0.25, 0.3) is 0 Å². The second kappa shape index (κ2) is 4.83. The van der Waals surface area contributed by atoms with Crippen LogP contribution >= 0.6 is 11.3 Å². The molecular formula is C10H16N2O2S2. The van der Waals surface area contributed by atoms with Crippen LogP contribution in [0.5, 0.6) is 0 Å². The van der Waals surface area contributed by atoms with Gasteiger partial charge in [-0.15, -0.1) is 0 Å². The molecule has 0 aromatic carbocycles. The van der Waals surface area contributed by atoms with E-state index in [0.717, 1.165) is 19.6 Å². The van der Waals surface area contributed by atoms with Gasteiger partial charge in [0, 0.05) is 32.7 Å². The molecule has 0 atom stereocenters. The summed E-state index contributed by atoms with van der Waals surface area (Å²) in [5.74, 6) is 0. The highest BCUT2D eigenvalue weighted by molar-refractivity contribution is 7.88. The lowest BCUT2D eigenvalue weighted by Crippen LogP contribution is -2.47. The van der Waals surface area contributed by atoms with Gasteiger partial charge < -0.3 is 0 Å². The maximum Gasteiger partial charge on any atom is 0.211 e. The van der Waals surface area contributed by atoms with Gasteiger partial charge in [0.2, 0.25) is 10.0 Å². The lowest BCUT2D eigenvalue weighted by molar-refractivity contribution is 0.182. The van der Waals surface area contributed by atoms with Crippen molar-refractivity contribution in [2.24, 2.45) is 0 Å². The zero-order chi connectivity index (χ0) is 11.6. The number of sulfonamides is 1. The molecule has 0 radical (unpaired) electrons. The predicted octanol–water partition coefficient (Wildman–Crippen LogP) is 0.825. The molecule has 4 nitrogen and oxygen atoms in total. The van der Waals surface area contributed by atoms with Crippen molar-refractivity contribution in [2.45, 2.75) is 6.54 Å². The van der Waals surface area contributed by atoms with E-state index in [1.807, 2.05) is 0 Å².